The predicted molar refractivity (Wildman–Crippen MR) is 76.5 cm³/mol. The van der Waals surface area contributed by atoms with Gasteiger partial charge in [-0.25, -0.2) is 0 Å². The van der Waals surface area contributed by atoms with Crippen LogP contribution in [-0.4, -0.2) is 23.2 Å². The maximum Gasteiger partial charge on any atom is 0.325 e. The SMILES string of the molecule is CC(C)(C)OC(=O)CNC(=S)Nc1ccccc1. The summed E-state index contributed by atoms with van der Waals surface area (Å²) in [6.07, 6.45) is 0. The van der Waals surface area contributed by atoms with Crippen molar-refractivity contribution < 1.29 is 9.53 Å². The van der Waals surface area contributed by atoms with Gasteiger partial charge >= 0.3 is 5.97 Å². The summed E-state index contributed by atoms with van der Waals surface area (Å²) in [5.41, 5.74) is 0.395. The maximum atomic E-state index is 11.4. The molecule has 18 heavy (non-hydrogen) atoms. The van der Waals surface area contributed by atoms with Gasteiger partial charge in [0, 0.05) is 5.69 Å². The molecule has 1 rings (SSSR count). The lowest BCUT2D eigenvalue weighted by molar-refractivity contribution is -0.153. The first kappa shape index (κ1) is 14.4. The number of carbonyl (C=O) groups is 1. The number of ether oxygens (including phenoxy) is 1. The van der Waals surface area contributed by atoms with E-state index in [9.17, 15) is 4.79 Å². The lowest BCUT2D eigenvalue weighted by atomic mass is 10.2. The molecule has 5 heteroatoms. The first-order valence-corrected chi connectivity index (χ1v) is 6.09. The van der Waals surface area contributed by atoms with Crippen molar-refractivity contribution in [2.75, 3.05) is 11.9 Å². The van der Waals surface area contributed by atoms with Crippen molar-refractivity contribution >= 4 is 29.0 Å². The third-order valence-electron chi connectivity index (χ3n) is 1.84. The van der Waals surface area contributed by atoms with Gasteiger partial charge in [-0.05, 0) is 45.1 Å². The Morgan fingerprint density at radius 2 is 1.89 bits per heavy atom. The number of carbonyl (C=O) groups excluding carboxylic acids is 1. The highest BCUT2D eigenvalue weighted by atomic mass is 32.1. The standard InChI is InChI=1S/C13H18N2O2S/c1-13(2,3)17-11(16)9-14-12(18)15-10-7-5-4-6-8-10/h4-8H,9H2,1-3H3,(H2,14,15,18). The minimum absolute atomic E-state index is 0.0515. The molecule has 0 atom stereocenters. The van der Waals surface area contributed by atoms with E-state index in [1.54, 1.807) is 0 Å². The van der Waals surface area contributed by atoms with Crippen LogP contribution in [0, 0.1) is 0 Å². The van der Waals surface area contributed by atoms with E-state index >= 15 is 0 Å². The Hall–Kier alpha value is -1.62. The minimum atomic E-state index is -0.479. The summed E-state index contributed by atoms with van der Waals surface area (Å²) in [6, 6.07) is 9.50. The van der Waals surface area contributed by atoms with E-state index < -0.39 is 5.60 Å². The molecule has 0 heterocycles. The number of hydrogen-bond donors (Lipinski definition) is 2. The molecule has 98 valence electrons. The van der Waals surface area contributed by atoms with Crippen molar-refractivity contribution in [3.63, 3.8) is 0 Å². The lowest BCUT2D eigenvalue weighted by Gasteiger charge is -2.20. The van der Waals surface area contributed by atoms with Crippen molar-refractivity contribution in [3.8, 4) is 0 Å². The zero-order chi connectivity index (χ0) is 13.6. The molecule has 2 N–H and O–H groups in total. The monoisotopic (exact) mass is 266 g/mol. The van der Waals surface area contributed by atoms with Crippen LogP contribution >= 0.6 is 12.2 Å². The highest BCUT2D eigenvalue weighted by molar-refractivity contribution is 7.80. The Bertz CT molecular complexity index is 413. The second-order valence-corrected chi connectivity index (χ2v) is 5.17. The molecule has 0 aromatic heterocycles. The molecule has 0 aliphatic heterocycles. The zero-order valence-corrected chi connectivity index (χ0v) is 11.6. The maximum absolute atomic E-state index is 11.4. The minimum Gasteiger partial charge on any atom is -0.459 e. The van der Waals surface area contributed by atoms with Crippen LogP contribution in [0.2, 0.25) is 0 Å². The van der Waals surface area contributed by atoms with Crippen molar-refractivity contribution in [3.05, 3.63) is 30.3 Å². The molecule has 0 fully saturated rings. The van der Waals surface area contributed by atoms with Crippen LogP contribution in [0.25, 0.3) is 0 Å². The van der Waals surface area contributed by atoms with Crippen molar-refractivity contribution in [1.82, 2.24) is 5.32 Å². The van der Waals surface area contributed by atoms with Gasteiger partial charge in [-0.2, -0.15) is 0 Å². The number of anilines is 1. The lowest BCUT2D eigenvalue weighted by Crippen LogP contribution is -2.36. The summed E-state index contributed by atoms with van der Waals surface area (Å²) in [4.78, 5) is 11.4. The van der Waals surface area contributed by atoms with E-state index in [1.165, 1.54) is 0 Å². The second kappa shape index (κ2) is 6.35. The molecule has 0 amide bonds. The largest absolute Gasteiger partial charge is 0.459 e. The molecule has 0 saturated carbocycles. The van der Waals surface area contributed by atoms with E-state index in [2.05, 4.69) is 10.6 Å². The van der Waals surface area contributed by atoms with Crippen LogP contribution in [0.4, 0.5) is 5.69 Å². The van der Waals surface area contributed by atoms with E-state index in [4.69, 9.17) is 17.0 Å². The molecular weight excluding hydrogens is 248 g/mol. The third kappa shape index (κ3) is 6.20. The molecule has 0 saturated heterocycles. The first-order valence-electron chi connectivity index (χ1n) is 5.68. The van der Waals surface area contributed by atoms with Crippen molar-refractivity contribution in [1.29, 1.82) is 0 Å². The summed E-state index contributed by atoms with van der Waals surface area (Å²) in [7, 11) is 0. The molecule has 0 bridgehead atoms. The number of benzene rings is 1. The van der Waals surface area contributed by atoms with E-state index in [-0.39, 0.29) is 12.5 Å². The van der Waals surface area contributed by atoms with Gasteiger partial charge in [0.25, 0.3) is 0 Å². The van der Waals surface area contributed by atoms with Gasteiger partial charge in [0.2, 0.25) is 0 Å². The Labute approximate surface area is 113 Å². The summed E-state index contributed by atoms with van der Waals surface area (Å²) in [5.74, 6) is -0.334. The number of para-hydroxylation sites is 1. The van der Waals surface area contributed by atoms with Gasteiger partial charge in [-0.3, -0.25) is 4.79 Å². The van der Waals surface area contributed by atoms with Crippen LogP contribution in [-0.2, 0) is 9.53 Å². The molecule has 1 aromatic carbocycles. The number of thiocarbonyl (C=S) groups is 1. The van der Waals surface area contributed by atoms with Gasteiger partial charge < -0.3 is 15.4 Å². The highest BCUT2D eigenvalue weighted by Gasteiger charge is 2.15. The quantitative estimate of drug-likeness (QED) is 0.649. The highest BCUT2D eigenvalue weighted by Crippen LogP contribution is 2.06. The zero-order valence-electron chi connectivity index (χ0n) is 10.8. The van der Waals surface area contributed by atoms with Crippen molar-refractivity contribution in [2.45, 2.75) is 26.4 Å². The fourth-order valence-electron chi connectivity index (χ4n) is 1.23. The second-order valence-electron chi connectivity index (χ2n) is 4.76. The molecule has 0 aliphatic carbocycles. The first-order chi connectivity index (χ1) is 8.37. The average Bonchev–Trinajstić information content (AvgIpc) is 2.25. The Morgan fingerprint density at radius 3 is 2.44 bits per heavy atom. The van der Waals surface area contributed by atoms with Crippen LogP contribution < -0.4 is 10.6 Å². The van der Waals surface area contributed by atoms with Crippen LogP contribution in [0.1, 0.15) is 20.8 Å². The van der Waals surface area contributed by atoms with Crippen molar-refractivity contribution in [2.24, 2.45) is 0 Å². The number of rotatable bonds is 3. The fourth-order valence-corrected chi connectivity index (χ4v) is 1.42. The van der Waals surface area contributed by atoms with Crippen LogP contribution in [0.5, 0.6) is 0 Å². The number of nitrogens with one attached hydrogen (secondary N) is 2. The topological polar surface area (TPSA) is 50.4 Å². The normalized spacial score (nSPS) is 10.6. The average molecular weight is 266 g/mol. The van der Waals surface area contributed by atoms with E-state index in [1.807, 2.05) is 51.1 Å². The molecule has 0 radical (unpaired) electrons. The Kier molecular flexibility index (Phi) is 5.09. The molecular formula is C13H18N2O2S. The molecule has 0 unspecified atom stereocenters. The number of esters is 1. The van der Waals surface area contributed by atoms with Gasteiger partial charge in [-0.15, -0.1) is 0 Å². The summed E-state index contributed by atoms with van der Waals surface area (Å²) in [6.45, 7) is 5.53. The number of hydrogen-bond acceptors (Lipinski definition) is 3. The van der Waals surface area contributed by atoms with Crippen LogP contribution in [0.15, 0.2) is 30.3 Å². The summed E-state index contributed by atoms with van der Waals surface area (Å²) in [5, 5.41) is 6.17. The van der Waals surface area contributed by atoms with Gasteiger partial charge in [0.05, 0.1) is 0 Å². The van der Waals surface area contributed by atoms with Gasteiger partial charge in [-0.1, -0.05) is 18.2 Å². The summed E-state index contributed by atoms with van der Waals surface area (Å²) >= 11 is 5.07. The molecule has 0 spiro atoms. The Balaban J connectivity index is 2.32. The summed E-state index contributed by atoms with van der Waals surface area (Å²) < 4.78 is 5.15. The molecule has 1 aromatic rings. The van der Waals surface area contributed by atoms with Gasteiger partial charge in [0.15, 0.2) is 5.11 Å². The molecule has 0 aliphatic rings. The third-order valence-corrected chi connectivity index (χ3v) is 2.09. The smallest absolute Gasteiger partial charge is 0.325 e. The predicted octanol–water partition coefficient (Wildman–Crippen LogP) is 2.31. The van der Waals surface area contributed by atoms with Crippen LogP contribution in [0.3, 0.4) is 0 Å². The Morgan fingerprint density at radius 1 is 1.28 bits per heavy atom. The van der Waals surface area contributed by atoms with Gasteiger partial charge in [0.1, 0.15) is 12.1 Å². The fraction of sp³-hybridized carbons (Fsp3) is 0.385. The van der Waals surface area contributed by atoms with E-state index in [0.717, 1.165) is 5.69 Å². The molecule has 4 nitrogen and oxygen atoms in total. The van der Waals surface area contributed by atoms with E-state index in [0.29, 0.717) is 5.11 Å².